The van der Waals surface area contributed by atoms with Crippen molar-refractivity contribution in [3.05, 3.63) is 18.0 Å². The summed E-state index contributed by atoms with van der Waals surface area (Å²) in [6, 6.07) is 4.18. The fourth-order valence-corrected chi connectivity index (χ4v) is 2.64. The Morgan fingerprint density at radius 3 is 2.80 bits per heavy atom. The van der Waals surface area contributed by atoms with Gasteiger partial charge in [0.25, 0.3) is 0 Å². The lowest BCUT2D eigenvalue weighted by Crippen LogP contribution is -2.11. The number of hydrogen-bond donors (Lipinski definition) is 0. The van der Waals surface area contributed by atoms with Crippen molar-refractivity contribution >= 4 is 22.8 Å². The Morgan fingerprint density at radius 2 is 2.15 bits per heavy atom. The van der Waals surface area contributed by atoms with Crippen molar-refractivity contribution in [3.63, 3.8) is 0 Å². The molecule has 0 amide bonds. The molecule has 2 heterocycles. The van der Waals surface area contributed by atoms with Gasteiger partial charge in [-0.2, -0.15) is 4.98 Å². The number of nitrogens with zero attached hydrogens (tertiary/aromatic N) is 3. The molecule has 0 N–H and O–H groups in total. The van der Waals surface area contributed by atoms with Gasteiger partial charge in [-0.05, 0) is 19.4 Å². The van der Waals surface area contributed by atoms with Gasteiger partial charge in [0.05, 0.1) is 7.11 Å². The van der Waals surface area contributed by atoms with E-state index in [1.807, 2.05) is 12.1 Å². The first-order valence-corrected chi connectivity index (χ1v) is 7.72. The molecule has 2 aromatic rings. The molecule has 0 radical (unpaired) electrons. The van der Waals surface area contributed by atoms with Crippen molar-refractivity contribution in [2.45, 2.75) is 45.6 Å². The van der Waals surface area contributed by atoms with Crippen LogP contribution >= 0.6 is 11.6 Å². The maximum absolute atomic E-state index is 5.90. The van der Waals surface area contributed by atoms with Crippen LogP contribution in [0, 0.1) is 0 Å². The van der Waals surface area contributed by atoms with E-state index in [4.69, 9.17) is 16.3 Å². The highest BCUT2D eigenvalue weighted by Crippen LogP contribution is 2.25. The van der Waals surface area contributed by atoms with Gasteiger partial charge in [-0.15, -0.1) is 11.6 Å². The zero-order chi connectivity index (χ0) is 14.5. The molecule has 1 unspecified atom stereocenters. The molecule has 2 rings (SSSR count). The van der Waals surface area contributed by atoms with Crippen molar-refractivity contribution in [1.82, 2.24) is 14.5 Å². The number of alkyl halides is 1. The number of aryl methyl sites for hydroxylation is 1. The van der Waals surface area contributed by atoms with Gasteiger partial charge in [0.15, 0.2) is 5.65 Å². The largest absolute Gasteiger partial charge is 0.481 e. The topological polar surface area (TPSA) is 39.9 Å². The van der Waals surface area contributed by atoms with Crippen LogP contribution in [0.25, 0.3) is 11.2 Å². The third-order valence-corrected chi connectivity index (χ3v) is 3.72. The fraction of sp³-hybridized carbons (Fsp3) is 0.600. The smallest absolute Gasteiger partial charge is 0.215 e. The fourth-order valence-electron chi connectivity index (χ4n) is 2.47. The number of fused-ring (bicyclic) bond motifs is 1. The van der Waals surface area contributed by atoms with Gasteiger partial charge < -0.3 is 9.30 Å². The van der Waals surface area contributed by atoms with Crippen LogP contribution in [0.3, 0.4) is 0 Å². The summed E-state index contributed by atoms with van der Waals surface area (Å²) in [6.07, 6.45) is 4.27. The minimum atomic E-state index is 0.373. The van der Waals surface area contributed by atoms with Crippen molar-refractivity contribution in [1.29, 1.82) is 0 Å². The first kappa shape index (κ1) is 15.1. The van der Waals surface area contributed by atoms with Crippen LogP contribution in [0.4, 0.5) is 0 Å². The lowest BCUT2D eigenvalue weighted by Gasteiger charge is -2.16. The van der Waals surface area contributed by atoms with Gasteiger partial charge in [-0.3, -0.25) is 0 Å². The Kier molecular flexibility index (Phi) is 5.24. The third kappa shape index (κ3) is 3.06. The average molecular weight is 296 g/mol. The number of ether oxygens (including phenoxy) is 1. The third-order valence-electron chi connectivity index (χ3n) is 3.53. The molecule has 0 saturated carbocycles. The number of pyridine rings is 1. The molecular formula is C15H22ClN3O. The van der Waals surface area contributed by atoms with Crippen molar-refractivity contribution in [2.75, 3.05) is 13.0 Å². The van der Waals surface area contributed by atoms with E-state index in [2.05, 4.69) is 28.4 Å². The molecule has 4 nitrogen and oxygen atoms in total. The quantitative estimate of drug-likeness (QED) is 0.726. The Labute approximate surface area is 125 Å². The van der Waals surface area contributed by atoms with E-state index in [1.54, 1.807) is 7.11 Å². The highest BCUT2D eigenvalue weighted by atomic mass is 35.5. The predicted octanol–water partition coefficient (Wildman–Crippen LogP) is 3.97. The zero-order valence-electron chi connectivity index (χ0n) is 12.4. The molecule has 0 aliphatic rings. The van der Waals surface area contributed by atoms with E-state index in [9.17, 15) is 0 Å². The van der Waals surface area contributed by atoms with Gasteiger partial charge in [0.1, 0.15) is 11.3 Å². The average Bonchev–Trinajstić information content (AvgIpc) is 2.82. The Balaban J connectivity index is 2.47. The molecule has 0 bridgehead atoms. The summed E-state index contributed by atoms with van der Waals surface area (Å²) < 4.78 is 7.45. The predicted molar refractivity (Wildman–Crippen MR) is 82.7 cm³/mol. The SMILES string of the molecule is CCCCC(C)n1c(CCCl)nc2ccc(OC)nc21. The number of unbranched alkanes of at least 4 members (excludes halogenated alkanes) is 1. The van der Waals surface area contributed by atoms with E-state index in [0.29, 0.717) is 17.8 Å². The normalized spacial score (nSPS) is 12.8. The summed E-state index contributed by atoms with van der Waals surface area (Å²) in [5.74, 6) is 2.21. The van der Waals surface area contributed by atoms with Crippen LogP contribution in [0.1, 0.15) is 45.0 Å². The number of hydrogen-bond acceptors (Lipinski definition) is 3. The van der Waals surface area contributed by atoms with E-state index >= 15 is 0 Å². The van der Waals surface area contributed by atoms with Crippen molar-refractivity contribution in [3.8, 4) is 5.88 Å². The molecule has 0 aliphatic carbocycles. The van der Waals surface area contributed by atoms with E-state index in [1.165, 1.54) is 12.8 Å². The minimum Gasteiger partial charge on any atom is -0.481 e. The van der Waals surface area contributed by atoms with Crippen molar-refractivity contribution in [2.24, 2.45) is 0 Å². The van der Waals surface area contributed by atoms with Gasteiger partial charge in [-0.1, -0.05) is 19.8 Å². The molecule has 0 aliphatic heterocycles. The standard InChI is InChI=1S/C15H22ClN3O/c1-4-5-6-11(2)19-13(9-10-16)17-12-7-8-14(20-3)18-15(12)19/h7-8,11H,4-6,9-10H2,1-3H3. The lowest BCUT2D eigenvalue weighted by atomic mass is 10.1. The molecule has 0 spiro atoms. The summed E-state index contributed by atoms with van der Waals surface area (Å²) in [5, 5.41) is 0. The summed E-state index contributed by atoms with van der Waals surface area (Å²) in [6.45, 7) is 4.43. The number of imidazole rings is 1. The molecule has 0 aromatic carbocycles. The van der Waals surface area contributed by atoms with Crippen LogP contribution in [-0.4, -0.2) is 27.5 Å². The Hall–Kier alpha value is -1.29. The molecule has 0 saturated heterocycles. The molecule has 0 fully saturated rings. The summed E-state index contributed by atoms with van der Waals surface area (Å²) in [4.78, 5) is 9.23. The molecule has 110 valence electrons. The van der Waals surface area contributed by atoms with Crippen LogP contribution in [-0.2, 0) is 6.42 Å². The van der Waals surface area contributed by atoms with Gasteiger partial charge in [0.2, 0.25) is 5.88 Å². The number of methoxy groups -OCH3 is 1. The first-order chi connectivity index (χ1) is 9.71. The minimum absolute atomic E-state index is 0.373. The van der Waals surface area contributed by atoms with Crippen LogP contribution in [0.15, 0.2) is 12.1 Å². The van der Waals surface area contributed by atoms with Gasteiger partial charge >= 0.3 is 0 Å². The highest BCUT2D eigenvalue weighted by Gasteiger charge is 2.17. The summed E-state index contributed by atoms with van der Waals surface area (Å²) in [7, 11) is 1.63. The molecule has 1 atom stereocenters. The van der Waals surface area contributed by atoms with E-state index < -0.39 is 0 Å². The number of halogens is 1. The monoisotopic (exact) mass is 295 g/mol. The Bertz CT molecular complexity index is 567. The van der Waals surface area contributed by atoms with Crippen LogP contribution in [0.2, 0.25) is 0 Å². The van der Waals surface area contributed by atoms with E-state index in [-0.39, 0.29) is 0 Å². The maximum Gasteiger partial charge on any atom is 0.215 e. The molecule has 2 aromatic heterocycles. The summed E-state index contributed by atoms with van der Waals surface area (Å²) >= 11 is 5.90. The van der Waals surface area contributed by atoms with Crippen LogP contribution < -0.4 is 4.74 Å². The van der Waals surface area contributed by atoms with E-state index in [0.717, 1.165) is 29.8 Å². The van der Waals surface area contributed by atoms with Gasteiger partial charge in [0, 0.05) is 24.4 Å². The number of aromatic nitrogens is 3. The molecule has 5 heteroatoms. The first-order valence-electron chi connectivity index (χ1n) is 7.19. The second kappa shape index (κ2) is 6.93. The van der Waals surface area contributed by atoms with Crippen LogP contribution in [0.5, 0.6) is 5.88 Å². The second-order valence-corrected chi connectivity index (χ2v) is 5.40. The number of rotatable bonds is 7. The van der Waals surface area contributed by atoms with Crippen molar-refractivity contribution < 1.29 is 4.74 Å². The summed E-state index contributed by atoms with van der Waals surface area (Å²) in [5.41, 5.74) is 1.81. The molecular weight excluding hydrogens is 274 g/mol. The van der Waals surface area contributed by atoms with Gasteiger partial charge in [-0.25, -0.2) is 4.98 Å². The zero-order valence-corrected chi connectivity index (χ0v) is 13.2. The second-order valence-electron chi connectivity index (χ2n) is 5.02. The Morgan fingerprint density at radius 1 is 1.35 bits per heavy atom. The molecule has 20 heavy (non-hydrogen) atoms. The highest BCUT2D eigenvalue weighted by molar-refractivity contribution is 6.17. The maximum atomic E-state index is 5.90. The lowest BCUT2D eigenvalue weighted by molar-refractivity contribution is 0.398.